The van der Waals surface area contributed by atoms with Crippen molar-refractivity contribution in [2.45, 2.75) is 195 Å². The van der Waals surface area contributed by atoms with Crippen molar-refractivity contribution in [1.82, 2.24) is 25.2 Å². The van der Waals surface area contributed by atoms with Crippen LogP contribution in [0.5, 0.6) is 0 Å². The van der Waals surface area contributed by atoms with Gasteiger partial charge in [-0.05, 0) is 62.5 Å². The van der Waals surface area contributed by atoms with Gasteiger partial charge in [-0.1, -0.05) is 50.7 Å². The van der Waals surface area contributed by atoms with E-state index >= 15 is 0 Å². The van der Waals surface area contributed by atoms with Gasteiger partial charge in [0, 0.05) is 25.6 Å². The maximum atomic E-state index is 14.1. The number of aliphatic hydroxyl groups excluding tert-OH is 8. The molecule has 8 rings (SSSR count). The molecule has 4 saturated heterocycles. The third-order valence-corrected chi connectivity index (χ3v) is 15.7. The molecule has 2 saturated carbocycles. The van der Waals surface area contributed by atoms with Gasteiger partial charge in [0.1, 0.15) is 78.8 Å². The molecule has 4 aliphatic heterocycles. The number of amides is 2. The van der Waals surface area contributed by atoms with Crippen molar-refractivity contribution in [3.63, 3.8) is 0 Å². The lowest BCUT2D eigenvalue weighted by atomic mass is 9.76. The van der Waals surface area contributed by atoms with Crippen LogP contribution in [-0.2, 0) is 42.7 Å². The predicted octanol–water partition coefficient (Wildman–Crippen LogP) is -0.0675. The molecule has 6 fully saturated rings. The largest absolute Gasteiger partial charge is 0.394 e. The summed E-state index contributed by atoms with van der Waals surface area (Å²) >= 11 is 0. The molecule has 5 heterocycles. The summed E-state index contributed by atoms with van der Waals surface area (Å²) in [5.74, 6) is -6.20. The number of aromatic nitrogens is 3. The summed E-state index contributed by atoms with van der Waals surface area (Å²) in [6, 6.07) is -1.27. The van der Waals surface area contributed by atoms with Crippen molar-refractivity contribution in [3.05, 3.63) is 35.8 Å². The Morgan fingerprint density at radius 1 is 0.797 bits per heavy atom. The number of likely N-dealkylation sites (tertiary alicyclic amines) is 1. The average Bonchev–Trinajstić information content (AvgIpc) is 3.85. The standard InChI is InChI=1S/C49H72F3N5O17/c1-4-26-13-25(21-68-48-41(64)37(39(62)33(19-58)73-48)57-18-30(54-55-57)27-16-28(50)35(52)29(51)17-27)15-31(44(26)74-49-43(66)42(65)38(61)22(2)69-49)71-47-36(53-23(3)60)45(40(63)34(20-59)72-47)70-32(46(67)56-11-8-12-56)14-24-9-6-5-7-10-24/h16-18,22,24-26,31-34,36-45,47-49,58-59,61-66H,4-15,19-21H2,1-3H3,(H,53,60)/t22?,25?,26?,31-,32+,33?,34?,36-,37?,38-,39-,40+,41?,42?,43?,44?,45?,47-,48+,49+/m1/s1. The lowest BCUT2D eigenvalue weighted by molar-refractivity contribution is -0.340. The molecule has 0 radical (unpaired) electrons. The molecule has 1 aromatic heterocycles. The average molecular weight is 1060 g/mol. The molecule has 1 aromatic carbocycles. The highest BCUT2D eigenvalue weighted by Crippen LogP contribution is 2.41. The van der Waals surface area contributed by atoms with Crippen molar-refractivity contribution in [3.8, 4) is 11.3 Å². The summed E-state index contributed by atoms with van der Waals surface area (Å²) in [4.78, 5) is 28.8. The van der Waals surface area contributed by atoms with E-state index in [1.165, 1.54) is 20.0 Å². The van der Waals surface area contributed by atoms with Crippen LogP contribution in [0.2, 0.25) is 0 Å². The summed E-state index contributed by atoms with van der Waals surface area (Å²) in [7, 11) is 0. The maximum Gasteiger partial charge on any atom is 0.251 e. The van der Waals surface area contributed by atoms with Crippen LogP contribution in [0.3, 0.4) is 0 Å². The lowest BCUT2D eigenvalue weighted by Crippen LogP contribution is -2.67. The molecular weight excluding hydrogens is 988 g/mol. The first kappa shape index (κ1) is 56.7. The van der Waals surface area contributed by atoms with Crippen LogP contribution >= 0.6 is 0 Å². The van der Waals surface area contributed by atoms with Gasteiger partial charge >= 0.3 is 0 Å². The fourth-order valence-corrected chi connectivity index (χ4v) is 11.4. The third-order valence-electron chi connectivity index (χ3n) is 15.7. The second-order valence-corrected chi connectivity index (χ2v) is 20.8. The fourth-order valence-electron chi connectivity index (χ4n) is 11.4. The minimum atomic E-state index is -1.71. The van der Waals surface area contributed by atoms with Crippen LogP contribution in [0.25, 0.3) is 11.3 Å². The van der Waals surface area contributed by atoms with Gasteiger partial charge in [0.05, 0.1) is 44.3 Å². The van der Waals surface area contributed by atoms with Gasteiger partial charge in [-0.3, -0.25) is 9.59 Å². The van der Waals surface area contributed by atoms with E-state index in [4.69, 9.17) is 33.2 Å². The molecule has 416 valence electrons. The predicted molar refractivity (Wildman–Crippen MR) is 247 cm³/mol. The number of hydrogen-bond donors (Lipinski definition) is 9. The van der Waals surface area contributed by atoms with Crippen LogP contribution in [0.4, 0.5) is 13.2 Å². The maximum absolute atomic E-state index is 14.1. The van der Waals surface area contributed by atoms with Crippen LogP contribution in [-0.4, -0.2) is 210 Å². The minimum Gasteiger partial charge on any atom is -0.394 e. The highest BCUT2D eigenvalue weighted by Gasteiger charge is 2.53. The number of halogens is 3. The number of nitrogens with one attached hydrogen (secondary N) is 1. The Hall–Kier alpha value is -3.51. The molecule has 11 unspecified atom stereocenters. The fraction of sp³-hybridized carbons (Fsp3) is 0.796. The van der Waals surface area contributed by atoms with E-state index in [9.17, 15) is 63.6 Å². The van der Waals surface area contributed by atoms with E-state index < -0.39 is 159 Å². The Bertz CT molecular complexity index is 2160. The lowest BCUT2D eigenvalue weighted by Gasteiger charge is -2.50. The second kappa shape index (κ2) is 24.9. The third kappa shape index (κ3) is 12.4. The number of rotatable bonds is 18. The number of carbonyl (C=O) groups is 2. The molecule has 20 atom stereocenters. The number of aliphatic hydroxyl groups is 8. The number of hydrogen-bond acceptors (Lipinski definition) is 19. The van der Waals surface area contributed by atoms with Gasteiger partial charge in [-0.15, -0.1) is 5.10 Å². The van der Waals surface area contributed by atoms with Crippen LogP contribution < -0.4 is 5.32 Å². The van der Waals surface area contributed by atoms with E-state index in [1.807, 2.05) is 6.92 Å². The molecule has 6 aliphatic rings. The zero-order valence-electron chi connectivity index (χ0n) is 41.6. The van der Waals surface area contributed by atoms with E-state index in [1.54, 1.807) is 4.90 Å². The monoisotopic (exact) mass is 1060 g/mol. The van der Waals surface area contributed by atoms with Gasteiger partial charge < -0.3 is 84.2 Å². The van der Waals surface area contributed by atoms with Crippen LogP contribution in [0, 0.1) is 35.2 Å². The number of benzene rings is 1. The Morgan fingerprint density at radius 2 is 1.47 bits per heavy atom. The summed E-state index contributed by atoms with van der Waals surface area (Å²) in [5, 5.41) is 98.8. The quantitative estimate of drug-likeness (QED) is 0.0883. The zero-order chi connectivity index (χ0) is 53.1. The first-order valence-electron chi connectivity index (χ1n) is 25.9. The van der Waals surface area contributed by atoms with Crippen molar-refractivity contribution < 1.29 is 96.8 Å². The molecule has 22 nitrogen and oxygen atoms in total. The van der Waals surface area contributed by atoms with Crippen molar-refractivity contribution in [1.29, 1.82) is 0 Å². The van der Waals surface area contributed by atoms with Crippen molar-refractivity contribution >= 4 is 11.8 Å². The van der Waals surface area contributed by atoms with Crippen LogP contribution in [0.15, 0.2) is 18.3 Å². The molecule has 0 bridgehead atoms. The second-order valence-electron chi connectivity index (χ2n) is 20.8. The van der Waals surface area contributed by atoms with Gasteiger partial charge in [0.25, 0.3) is 5.91 Å². The van der Waals surface area contributed by atoms with Crippen molar-refractivity contribution in [2.24, 2.45) is 17.8 Å². The molecule has 2 amide bonds. The first-order chi connectivity index (χ1) is 35.4. The van der Waals surface area contributed by atoms with E-state index in [-0.39, 0.29) is 36.1 Å². The summed E-state index contributed by atoms with van der Waals surface area (Å²) in [6.07, 6.45) is -14.1. The molecule has 9 N–H and O–H groups in total. The molecule has 25 heteroatoms. The normalized spacial score (nSPS) is 38.6. The first-order valence-corrected chi connectivity index (χ1v) is 25.9. The number of nitrogens with zero attached hydrogens (tertiary/aromatic N) is 4. The number of carbonyl (C=O) groups excluding carboxylic acids is 2. The molecule has 74 heavy (non-hydrogen) atoms. The van der Waals surface area contributed by atoms with Gasteiger partial charge in [-0.25, -0.2) is 17.9 Å². The highest BCUT2D eigenvalue weighted by atomic mass is 19.2. The molecular formula is C49H72F3N5O17. The zero-order valence-corrected chi connectivity index (χ0v) is 41.6. The summed E-state index contributed by atoms with van der Waals surface area (Å²) in [5.41, 5.74) is -0.317. The topological polar surface area (TPSA) is 307 Å². The van der Waals surface area contributed by atoms with Gasteiger partial charge in [0.2, 0.25) is 5.91 Å². The highest BCUT2D eigenvalue weighted by molar-refractivity contribution is 5.81. The van der Waals surface area contributed by atoms with E-state index in [0.29, 0.717) is 44.5 Å². The molecule has 2 aromatic rings. The van der Waals surface area contributed by atoms with Crippen LogP contribution in [0.1, 0.15) is 91.0 Å². The minimum absolute atomic E-state index is 0.0580. The van der Waals surface area contributed by atoms with E-state index in [2.05, 4.69) is 15.6 Å². The Morgan fingerprint density at radius 3 is 2.11 bits per heavy atom. The SMILES string of the molecule is CCC1CC(CO[C@H]2OC(CO)[C@@H](O)C(n3cc(-c4cc(F)c(F)c(F)c4)nn3)C2O)C[C@@H](O[C@@H]2OC(CO)[C@H](O)C(O[C@@H](CC3CCCCC3)C(=O)N3CCC3)[C@H]2NC(C)=O)C1O[C@@H]1OC(C)[C@@H](O)C(O)C1O. The Balaban J connectivity index is 1.06. The summed E-state index contributed by atoms with van der Waals surface area (Å²) < 4.78 is 87.3. The van der Waals surface area contributed by atoms with E-state index in [0.717, 1.165) is 43.2 Å². The Labute approximate surface area is 425 Å². The number of ether oxygens (including phenoxy) is 7. The molecule has 0 spiro atoms. The molecule has 2 aliphatic carbocycles. The Kier molecular flexibility index (Phi) is 19.0. The van der Waals surface area contributed by atoms with Gasteiger partial charge in [-0.2, -0.15) is 0 Å². The van der Waals surface area contributed by atoms with Gasteiger partial charge in [0.15, 0.2) is 36.3 Å². The van der Waals surface area contributed by atoms with Crippen molar-refractivity contribution in [2.75, 3.05) is 32.9 Å². The smallest absolute Gasteiger partial charge is 0.251 e. The summed E-state index contributed by atoms with van der Waals surface area (Å²) in [6.45, 7) is 4.09.